The summed E-state index contributed by atoms with van der Waals surface area (Å²) >= 11 is 7.70. The number of benzene rings is 2. The lowest BCUT2D eigenvalue weighted by Crippen LogP contribution is -2.27. The molecule has 5 rings (SSSR count). The van der Waals surface area contributed by atoms with Gasteiger partial charge in [-0.05, 0) is 49.2 Å². The van der Waals surface area contributed by atoms with Gasteiger partial charge in [0.25, 0.3) is 5.91 Å². The summed E-state index contributed by atoms with van der Waals surface area (Å²) in [6.07, 6.45) is 2.41. The molecule has 2 amide bonds. The molecule has 7 nitrogen and oxygen atoms in total. The molecule has 0 aliphatic carbocycles. The van der Waals surface area contributed by atoms with E-state index in [0.29, 0.717) is 29.4 Å². The zero-order valence-corrected chi connectivity index (χ0v) is 19.5. The van der Waals surface area contributed by atoms with E-state index in [1.807, 2.05) is 47.4 Å². The van der Waals surface area contributed by atoms with Gasteiger partial charge in [-0.1, -0.05) is 17.7 Å². The van der Waals surface area contributed by atoms with Gasteiger partial charge in [0.15, 0.2) is 11.4 Å². The Morgan fingerprint density at radius 1 is 1.15 bits per heavy atom. The van der Waals surface area contributed by atoms with Crippen molar-refractivity contribution in [3.8, 4) is 17.0 Å². The Morgan fingerprint density at radius 3 is 2.88 bits per heavy atom. The third-order valence-corrected chi connectivity index (χ3v) is 6.82. The second-order valence-corrected chi connectivity index (χ2v) is 9.31. The number of halogens is 1. The molecule has 2 aromatic carbocycles. The first kappa shape index (κ1) is 21.7. The maximum Gasteiger partial charge on any atom is 0.262 e. The third kappa shape index (κ3) is 4.82. The van der Waals surface area contributed by atoms with E-state index in [-0.39, 0.29) is 18.4 Å². The van der Waals surface area contributed by atoms with Crippen LogP contribution in [-0.2, 0) is 16.1 Å². The summed E-state index contributed by atoms with van der Waals surface area (Å²) in [5, 5.41) is 5.58. The van der Waals surface area contributed by atoms with E-state index in [4.69, 9.17) is 21.3 Å². The van der Waals surface area contributed by atoms with Crippen molar-refractivity contribution >= 4 is 46.1 Å². The van der Waals surface area contributed by atoms with Crippen LogP contribution >= 0.6 is 22.9 Å². The van der Waals surface area contributed by atoms with Crippen LogP contribution in [0.2, 0.25) is 5.02 Å². The number of rotatable bonds is 6. The van der Waals surface area contributed by atoms with E-state index >= 15 is 0 Å². The van der Waals surface area contributed by atoms with Crippen molar-refractivity contribution in [2.45, 2.75) is 25.8 Å². The standard InChI is InChI=1S/C24H23ClN4O3S/c25-17-4-1-5-18(13-17)26-24-29(11-3-10-28-9-2-6-23(28)31)20(15-33-24)16-7-8-21-19(12-16)27-22(30)14-32-21/h1,4-5,7-8,12-13,15H,2-3,6,9-11,14H2,(H,27,30). The molecule has 2 aliphatic heterocycles. The Labute approximate surface area is 200 Å². The van der Waals surface area contributed by atoms with Crippen LogP contribution in [0, 0.1) is 0 Å². The topological polar surface area (TPSA) is 75.9 Å². The molecule has 1 fully saturated rings. The fourth-order valence-electron chi connectivity index (χ4n) is 4.12. The van der Waals surface area contributed by atoms with Gasteiger partial charge in [-0.2, -0.15) is 0 Å². The molecule has 1 saturated heterocycles. The summed E-state index contributed by atoms with van der Waals surface area (Å²) in [4.78, 5) is 31.4. The minimum Gasteiger partial charge on any atom is -0.482 e. The van der Waals surface area contributed by atoms with Crippen LogP contribution in [0.15, 0.2) is 52.8 Å². The lowest BCUT2D eigenvalue weighted by molar-refractivity contribution is -0.127. The maximum atomic E-state index is 12.0. The predicted molar refractivity (Wildman–Crippen MR) is 129 cm³/mol. The molecule has 0 spiro atoms. The Morgan fingerprint density at radius 2 is 2.06 bits per heavy atom. The molecule has 2 aliphatic rings. The highest BCUT2D eigenvalue weighted by atomic mass is 35.5. The summed E-state index contributed by atoms with van der Waals surface area (Å²) in [6.45, 7) is 2.31. The van der Waals surface area contributed by atoms with Crippen molar-refractivity contribution in [2.75, 3.05) is 25.0 Å². The number of ether oxygens (including phenoxy) is 1. The van der Waals surface area contributed by atoms with Crippen molar-refractivity contribution in [3.63, 3.8) is 0 Å². The lowest BCUT2D eigenvalue weighted by atomic mass is 10.1. The van der Waals surface area contributed by atoms with Crippen molar-refractivity contribution < 1.29 is 14.3 Å². The molecule has 0 atom stereocenters. The number of likely N-dealkylation sites (tertiary alicyclic amines) is 1. The first-order chi connectivity index (χ1) is 16.1. The van der Waals surface area contributed by atoms with Gasteiger partial charge in [-0.15, -0.1) is 11.3 Å². The number of amides is 2. The summed E-state index contributed by atoms with van der Waals surface area (Å²) in [7, 11) is 0. The molecule has 170 valence electrons. The van der Waals surface area contributed by atoms with Crippen molar-refractivity contribution in [3.05, 3.63) is 57.7 Å². The number of carbonyl (C=O) groups excluding carboxylic acids is 2. The summed E-state index contributed by atoms with van der Waals surface area (Å²) in [6, 6.07) is 13.3. The first-order valence-corrected chi connectivity index (χ1v) is 12.2. The quantitative estimate of drug-likeness (QED) is 0.564. The van der Waals surface area contributed by atoms with E-state index in [1.54, 1.807) is 11.3 Å². The van der Waals surface area contributed by atoms with Crippen LogP contribution in [0.1, 0.15) is 19.3 Å². The highest BCUT2D eigenvalue weighted by Gasteiger charge is 2.20. The van der Waals surface area contributed by atoms with Crippen molar-refractivity contribution in [1.82, 2.24) is 9.47 Å². The number of anilines is 1. The molecular weight excluding hydrogens is 460 g/mol. The Kier molecular flexibility index (Phi) is 6.20. The second kappa shape index (κ2) is 9.41. The lowest BCUT2D eigenvalue weighted by Gasteiger charge is -2.19. The minimum atomic E-state index is -0.162. The second-order valence-electron chi connectivity index (χ2n) is 8.03. The number of hydrogen-bond donors (Lipinski definition) is 1. The third-order valence-electron chi connectivity index (χ3n) is 5.72. The fraction of sp³-hybridized carbons (Fsp3) is 0.292. The molecule has 33 heavy (non-hydrogen) atoms. The molecule has 9 heteroatoms. The first-order valence-electron chi connectivity index (χ1n) is 10.9. The molecule has 3 aromatic rings. The van der Waals surface area contributed by atoms with Crippen LogP contribution in [0.3, 0.4) is 0 Å². The van der Waals surface area contributed by atoms with Crippen LogP contribution in [0.25, 0.3) is 11.3 Å². The minimum absolute atomic E-state index is 0.0304. The number of nitrogens with one attached hydrogen (secondary N) is 1. The molecule has 0 saturated carbocycles. The average molecular weight is 483 g/mol. The van der Waals surface area contributed by atoms with Gasteiger partial charge in [-0.3, -0.25) is 9.59 Å². The van der Waals surface area contributed by atoms with Crippen molar-refractivity contribution in [1.29, 1.82) is 0 Å². The van der Waals surface area contributed by atoms with E-state index < -0.39 is 0 Å². The molecule has 1 N–H and O–H groups in total. The number of aromatic nitrogens is 1. The van der Waals surface area contributed by atoms with Gasteiger partial charge in [0.2, 0.25) is 5.91 Å². The maximum absolute atomic E-state index is 12.0. The number of fused-ring (bicyclic) bond motifs is 1. The highest BCUT2D eigenvalue weighted by Crippen LogP contribution is 2.33. The molecule has 0 unspecified atom stereocenters. The van der Waals surface area contributed by atoms with Gasteiger partial charge in [0.05, 0.1) is 17.1 Å². The number of carbonyl (C=O) groups is 2. The van der Waals surface area contributed by atoms with Gasteiger partial charge < -0.3 is 19.5 Å². The number of thiazole rings is 1. The number of nitrogens with zero attached hydrogens (tertiary/aromatic N) is 3. The average Bonchev–Trinajstić information content (AvgIpc) is 3.39. The van der Waals surface area contributed by atoms with Crippen LogP contribution in [-0.4, -0.2) is 41.0 Å². The largest absolute Gasteiger partial charge is 0.482 e. The Bertz CT molecular complexity index is 1280. The monoisotopic (exact) mass is 482 g/mol. The number of hydrogen-bond acceptors (Lipinski definition) is 5. The smallest absolute Gasteiger partial charge is 0.262 e. The van der Waals surface area contributed by atoms with Gasteiger partial charge in [0, 0.05) is 42.0 Å². The molecule has 1 aromatic heterocycles. The summed E-state index contributed by atoms with van der Waals surface area (Å²) in [5.74, 6) is 0.737. The van der Waals surface area contributed by atoms with E-state index in [2.05, 4.69) is 15.3 Å². The Balaban J connectivity index is 1.49. The normalized spacial score (nSPS) is 16.0. The van der Waals surface area contributed by atoms with E-state index in [0.717, 1.165) is 47.7 Å². The predicted octanol–water partition coefficient (Wildman–Crippen LogP) is 4.45. The van der Waals surface area contributed by atoms with E-state index in [1.165, 1.54) is 0 Å². The van der Waals surface area contributed by atoms with Gasteiger partial charge in [0.1, 0.15) is 5.75 Å². The van der Waals surface area contributed by atoms with Crippen LogP contribution < -0.4 is 14.9 Å². The fourth-order valence-corrected chi connectivity index (χ4v) is 5.26. The zero-order chi connectivity index (χ0) is 22.8. The molecule has 0 radical (unpaired) electrons. The SMILES string of the molecule is O=C1COc2ccc(-c3csc(=Nc4cccc(Cl)c4)n3CCCN3CCCC3=O)cc2N1. The zero-order valence-electron chi connectivity index (χ0n) is 17.9. The van der Waals surface area contributed by atoms with E-state index in [9.17, 15) is 9.59 Å². The molecular formula is C24H23ClN4O3S. The Hall–Kier alpha value is -3.10. The molecule has 3 heterocycles. The summed E-state index contributed by atoms with van der Waals surface area (Å²) in [5.41, 5.74) is 3.40. The van der Waals surface area contributed by atoms with Crippen LogP contribution in [0.4, 0.5) is 11.4 Å². The highest BCUT2D eigenvalue weighted by molar-refractivity contribution is 7.07. The molecule has 0 bridgehead atoms. The van der Waals surface area contributed by atoms with Gasteiger partial charge in [-0.25, -0.2) is 4.99 Å². The van der Waals surface area contributed by atoms with Crippen molar-refractivity contribution in [2.24, 2.45) is 4.99 Å². The van der Waals surface area contributed by atoms with Crippen LogP contribution in [0.5, 0.6) is 5.75 Å². The summed E-state index contributed by atoms with van der Waals surface area (Å²) < 4.78 is 7.67. The van der Waals surface area contributed by atoms with Gasteiger partial charge >= 0.3 is 0 Å².